The van der Waals surface area contributed by atoms with Crippen molar-refractivity contribution in [2.75, 3.05) is 19.7 Å². The van der Waals surface area contributed by atoms with Crippen LogP contribution in [0.15, 0.2) is 35.1 Å². The van der Waals surface area contributed by atoms with Crippen LogP contribution in [0.3, 0.4) is 0 Å². The van der Waals surface area contributed by atoms with Crippen LogP contribution in [-0.2, 0) is 4.74 Å². The number of carbonyl (C=O) groups excluding carboxylic acids is 2. The molecule has 1 aromatic carbocycles. The van der Waals surface area contributed by atoms with Crippen LogP contribution in [0.4, 0.5) is 4.79 Å². The van der Waals surface area contributed by atoms with Crippen LogP contribution >= 0.6 is 0 Å². The molecule has 1 aromatic heterocycles. The maximum atomic E-state index is 12.6. The molecular formula is C20H24N4O4. The normalized spacial score (nSPS) is 14.6. The van der Waals surface area contributed by atoms with E-state index in [4.69, 9.17) is 4.74 Å². The number of aromatic amines is 1. The predicted molar refractivity (Wildman–Crippen MR) is 104 cm³/mol. The van der Waals surface area contributed by atoms with Crippen molar-refractivity contribution in [2.45, 2.75) is 32.7 Å². The molecule has 1 aliphatic rings. The Kier molecular flexibility index (Phi) is 6.08. The van der Waals surface area contributed by atoms with Gasteiger partial charge in [0.05, 0.1) is 12.3 Å². The first-order valence-electron chi connectivity index (χ1n) is 9.37. The van der Waals surface area contributed by atoms with Gasteiger partial charge in [-0.25, -0.2) is 9.59 Å². The van der Waals surface area contributed by atoms with Gasteiger partial charge >= 0.3 is 11.8 Å². The fourth-order valence-electron chi connectivity index (χ4n) is 3.14. The average molecular weight is 384 g/mol. The van der Waals surface area contributed by atoms with Crippen LogP contribution in [0.5, 0.6) is 0 Å². The number of hydrogen-bond acceptors (Lipinski definition) is 5. The second-order valence-electron chi connectivity index (χ2n) is 6.78. The third kappa shape index (κ3) is 4.76. The number of amides is 2. The predicted octanol–water partition coefficient (Wildman–Crippen LogP) is 2.10. The molecule has 2 amide bonds. The molecule has 1 aliphatic heterocycles. The summed E-state index contributed by atoms with van der Waals surface area (Å²) >= 11 is 0. The standard InChI is InChI=1S/C20H24N4O4/c1-3-28-20(27)24-10-8-15(9-11-24)21-18(25)17-12-16(22-19(26)23-17)14-6-4-13(2)5-7-14/h4-7,12,15H,3,8-11H2,1-2H3,(H,21,25)(H,22,23,26). The number of H-pyrrole nitrogens is 1. The SMILES string of the molecule is CCOC(=O)N1CCC(NC(=O)c2cc(-c3ccc(C)cc3)nc(=O)[nH]2)CC1. The Hall–Kier alpha value is -3.16. The zero-order valence-corrected chi connectivity index (χ0v) is 16.0. The number of carbonyl (C=O) groups is 2. The van der Waals surface area contributed by atoms with Gasteiger partial charge in [-0.15, -0.1) is 0 Å². The lowest BCUT2D eigenvalue weighted by Crippen LogP contribution is -2.47. The molecule has 8 heteroatoms. The van der Waals surface area contributed by atoms with Crippen LogP contribution in [-0.4, -0.2) is 52.6 Å². The van der Waals surface area contributed by atoms with E-state index < -0.39 is 5.69 Å². The van der Waals surface area contributed by atoms with E-state index in [0.717, 1.165) is 11.1 Å². The number of hydrogen-bond donors (Lipinski definition) is 2. The number of aromatic nitrogens is 2. The van der Waals surface area contributed by atoms with Gasteiger partial charge in [-0.3, -0.25) is 4.79 Å². The quantitative estimate of drug-likeness (QED) is 0.840. The van der Waals surface area contributed by atoms with E-state index >= 15 is 0 Å². The molecule has 0 saturated carbocycles. The maximum absolute atomic E-state index is 12.6. The molecule has 2 heterocycles. The van der Waals surface area contributed by atoms with E-state index in [1.807, 2.05) is 31.2 Å². The van der Waals surface area contributed by atoms with Gasteiger partial charge in [-0.05, 0) is 32.8 Å². The third-order valence-electron chi connectivity index (χ3n) is 4.69. The van der Waals surface area contributed by atoms with Crippen LogP contribution < -0.4 is 11.0 Å². The number of nitrogens with one attached hydrogen (secondary N) is 2. The highest BCUT2D eigenvalue weighted by Gasteiger charge is 2.25. The Morgan fingerprint density at radius 2 is 1.93 bits per heavy atom. The fraction of sp³-hybridized carbons (Fsp3) is 0.400. The highest BCUT2D eigenvalue weighted by molar-refractivity contribution is 5.93. The van der Waals surface area contributed by atoms with Gasteiger partial charge in [0.2, 0.25) is 0 Å². The van der Waals surface area contributed by atoms with Crippen molar-refractivity contribution in [1.82, 2.24) is 20.2 Å². The number of nitrogens with zero attached hydrogens (tertiary/aromatic N) is 2. The van der Waals surface area contributed by atoms with Crippen LogP contribution in [0.1, 0.15) is 35.8 Å². The van der Waals surface area contributed by atoms with Gasteiger partial charge in [0.1, 0.15) is 5.69 Å². The van der Waals surface area contributed by atoms with Gasteiger partial charge < -0.3 is 19.9 Å². The first-order chi connectivity index (χ1) is 13.5. The minimum absolute atomic E-state index is 0.0716. The number of benzene rings is 1. The van der Waals surface area contributed by atoms with Gasteiger partial charge in [0.15, 0.2) is 0 Å². The summed E-state index contributed by atoms with van der Waals surface area (Å²) in [7, 11) is 0. The molecule has 8 nitrogen and oxygen atoms in total. The van der Waals surface area contributed by atoms with Crippen molar-refractivity contribution in [3.05, 3.63) is 52.1 Å². The Morgan fingerprint density at radius 3 is 2.57 bits per heavy atom. The molecule has 3 rings (SSSR count). The molecule has 0 radical (unpaired) electrons. The number of ether oxygens (including phenoxy) is 1. The molecular weight excluding hydrogens is 360 g/mol. The molecule has 0 atom stereocenters. The van der Waals surface area contributed by atoms with Crippen molar-refractivity contribution in [3.63, 3.8) is 0 Å². The molecule has 2 N–H and O–H groups in total. The van der Waals surface area contributed by atoms with E-state index in [9.17, 15) is 14.4 Å². The molecule has 0 aliphatic carbocycles. The minimum atomic E-state index is -0.569. The van der Waals surface area contributed by atoms with Gasteiger partial charge in [-0.1, -0.05) is 29.8 Å². The second-order valence-corrected chi connectivity index (χ2v) is 6.78. The summed E-state index contributed by atoms with van der Waals surface area (Å²) in [5, 5.41) is 2.93. The molecule has 28 heavy (non-hydrogen) atoms. The monoisotopic (exact) mass is 384 g/mol. The van der Waals surface area contributed by atoms with Crippen molar-refractivity contribution in [1.29, 1.82) is 0 Å². The number of likely N-dealkylation sites (tertiary alicyclic amines) is 1. The highest BCUT2D eigenvalue weighted by Crippen LogP contribution is 2.17. The number of piperidine rings is 1. The van der Waals surface area contributed by atoms with Crippen molar-refractivity contribution in [2.24, 2.45) is 0 Å². The smallest absolute Gasteiger partial charge is 0.409 e. The molecule has 2 aromatic rings. The van der Waals surface area contributed by atoms with E-state index in [2.05, 4.69) is 15.3 Å². The summed E-state index contributed by atoms with van der Waals surface area (Å²) in [5.41, 5.74) is 1.92. The van der Waals surface area contributed by atoms with Crippen molar-refractivity contribution in [3.8, 4) is 11.3 Å². The van der Waals surface area contributed by atoms with Gasteiger partial charge in [0, 0.05) is 24.7 Å². The third-order valence-corrected chi connectivity index (χ3v) is 4.69. The number of aryl methyl sites for hydroxylation is 1. The summed E-state index contributed by atoms with van der Waals surface area (Å²) in [6, 6.07) is 9.09. The Labute approximate surface area is 162 Å². The average Bonchev–Trinajstić information content (AvgIpc) is 2.69. The summed E-state index contributed by atoms with van der Waals surface area (Å²) in [6.45, 7) is 5.12. The zero-order chi connectivity index (χ0) is 20.1. The van der Waals surface area contributed by atoms with Crippen LogP contribution in [0.25, 0.3) is 11.3 Å². The summed E-state index contributed by atoms with van der Waals surface area (Å²) < 4.78 is 5.00. The lowest BCUT2D eigenvalue weighted by Gasteiger charge is -2.31. The summed E-state index contributed by atoms with van der Waals surface area (Å²) in [4.78, 5) is 44.4. The molecule has 148 valence electrons. The van der Waals surface area contributed by atoms with E-state index in [0.29, 0.717) is 38.2 Å². The maximum Gasteiger partial charge on any atom is 0.409 e. The van der Waals surface area contributed by atoms with Gasteiger partial charge in [0.25, 0.3) is 5.91 Å². The highest BCUT2D eigenvalue weighted by atomic mass is 16.6. The van der Waals surface area contributed by atoms with Crippen molar-refractivity contribution < 1.29 is 14.3 Å². The minimum Gasteiger partial charge on any atom is -0.450 e. The Bertz CT molecular complexity index is 899. The van der Waals surface area contributed by atoms with Crippen molar-refractivity contribution >= 4 is 12.0 Å². The van der Waals surface area contributed by atoms with Crippen LogP contribution in [0, 0.1) is 6.92 Å². The summed E-state index contributed by atoms with van der Waals surface area (Å²) in [6.07, 6.45) is 0.934. The lowest BCUT2D eigenvalue weighted by molar-refractivity contribution is 0.0856. The lowest BCUT2D eigenvalue weighted by atomic mass is 10.0. The first kappa shape index (κ1) is 19.6. The Morgan fingerprint density at radius 1 is 1.25 bits per heavy atom. The molecule has 0 bridgehead atoms. The zero-order valence-electron chi connectivity index (χ0n) is 16.0. The topological polar surface area (TPSA) is 104 Å². The molecule has 1 fully saturated rings. The fourth-order valence-corrected chi connectivity index (χ4v) is 3.14. The second kappa shape index (κ2) is 8.69. The van der Waals surface area contributed by atoms with E-state index in [1.54, 1.807) is 17.9 Å². The molecule has 1 saturated heterocycles. The summed E-state index contributed by atoms with van der Waals surface area (Å²) in [5.74, 6) is -0.359. The molecule has 0 spiro atoms. The Balaban J connectivity index is 1.66. The van der Waals surface area contributed by atoms with E-state index in [1.165, 1.54) is 0 Å². The van der Waals surface area contributed by atoms with Crippen LogP contribution in [0.2, 0.25) is 0 Å². The number of rotatable bonds is 4. The molecule has 0 unspecified atom stereocenters. The van der Waals surface area contributed by atoms with E-state index in [-0.39, 0.29) is 23.7 Å². The largest absolute Gasteiger partial charge is 0.450 e. The first-order valence-corrected chi connectivity index (χ1v) is 9.37. The van der Waals surface area contributed by atoms with Gasteiger partial charge in [-0.2, -0.15) is 4.98 Å².